The van der Waals surface area contributed by atoms with Crippen LogP contribution in [0.5, 0.6) is 0 Å². The zero-order valence-electron chi connectivity index (χ0n) is 17.7. The fourth-order valence-corrected chi connectivity index (χ4v) is 3.02. The molecule has 0 aliphatic carbocycles. The number of carbonyl (C=O) groups is 3. The third-order valence-corrected chi connectivity index (χ3v) is 4.67. The molecule has 0 unspecified atom stereocenters. The molecule has 4 rings (SSSR count). The van der Waals surface area contributed by atoms with Crippen LogP contribution in [-0.4, -0.2) is 39.0 Å². The van der Waals surface area contributed by atoms with Gasteiger partial charge < -0.3 is 5.32 Å². The highest BCUT2D eigenvalue weighted by molar-refractivity contribution is 5.97. The summed E-state index contributed by atoms with van der Waals surface area (Å²) in [6.45, 7) is -0.405. The molecule has 9 nitrogen and oxygen atoms in total. The van der Waals surface area contributed by atoms with Crippen LogP contribution in [0.1, 0.15) is 21.0 Å². The molecule has 0 aliphatic heterocycles. The minimum Gasteiger partial charge on any atom is -0.343 e. The summed E-state index contributed by atoms with van der Waals surface area (Å²) in [6, 6.07) is 23.3. The number of amides is 3. The van der Waals surface area contributed by atoms with Crippen molar-refractivity contribution in [3.8, 4) is 17.1 Å². The predicted octanol–water partition coefficient (Wildman–Crippen LogP) is 2.26. The Morgan fingerprint density at radius 3 is 2.12 bits per heavy atom. The Labute approximate surface area is 193 Å². The minimum atomic E-state index is -0.731. The summed E-state index contributed by atoms with van der Waals surface area (Å²) in [7, 11) is 0. The summed E-state index contributed by atoms with van der Waals surface area (Å²) in [5.41, 5.74) is 6.10. The second-order valence-electron chi connectivity index (χ2n) is 7.06. The number of aromatic nitrogens is 3. The first-order valence-corrected chi connectivity index (χ1v) is 10.2. The molecule has 3 N–H and O–H groups in total. The standard InChI is InChI=1S/C24H19FN6O3/c25-18-13-11-17(12-14-18)23(33)26-15-20(32)28-29-24(34)21-27-22(16-7-3-1-4-8-16)31(30-21)19-9-5-2-6-10-19/h1-14H,15H2,(H,26,33)(H,28,32)(H,29,34). The molecule has 10 heteroatoms. The van der Waals surface area contributed by atoms with Gasteiger partial charge in [0.1, 0.15) is 5.82 Å². The van der Waals surface area contributed by atoms with Gasteiger partial charge in [0.05, 0.1) is 12.2 Å². The van der Waals surface area contributed by atoms with Gasteiger partial charge in [0, 0.05) is 11.1 Å². The lowest BCUT2D eigenvalue weighted by Gasteiger charge is -2.07. The van der Waals surface area contributed by atoms with Gasteiger partial charge in [-0.3, -0.25) is 25.2 Å². The number of hydrogen-bond acceptors (Lipinski definition) is 5. The molecule has 3 amide bonds. The number of benzene rings is 3. The van der Waals surface area contributed by atoms with Crippen LogP contribution in [0.4, 0.5) is 4.39 Å². The topological polar surface area (TPSA) is 118 Å². The Balaban J connectivity index is 1.41. The third kappa shape index (κ3) is 5.30. The van der Waals surface area contributed by atoms with Crippen LogP contribution in [0.15, 0.2) is 84.9 Å². The highest BCUT2D eigenvalue weighted by Crippen LogP contribution is 2.20. The number of halogens is 1. The predicted molar refractivity (Wildman–Crippen MR) is 121 cm³/mol. The summed E-state index contributed by atoms with van der Waals surface area (Å²) in [5, 5.41) is 6.68. The molecule has 1 aromatic heterocycles. The molecule has 0 saturated heterocycles. The number of hydrogen-bond donors (Lipinski definition) is 3. The molecule has 0 bridgehead atoms. The van der Waals surface area contributed by atoms with Crippen molar-refractivity contribution in [2.24, 2.45) is 0 Å². The van der Waals surface area contributed by atoms with E-state index < -0.39 is 30.1 Å². The first-order valence-electron chi connectivity index (χ1n) is 10.2. The Kier molecular flexibility index (Phi) is 6.68. The second-order valence-corrected chi connectivity index (χ2v) is 7.06. The van der Waals surface area contributed by atoms with Gasteiger partial charge in [-0.2, -0.15) is 0 Å². The molecule has 170 valence electrons. The van der Waals surface area contributed by atoms with E-state index >= 15 is 0 Å². The van der Waals surface area contributed by atoms with Crippen molar-refractivity contribution in [1.29, 1.82) is 0 Å². The number of hydrazine groups is 1. The van der Waals surface area contributed by atoms with Crippen LogP contribution < -0.4 is 16.2 Å². The number of para-hydroxylation sites is 1. The zero-order chi connectivity index (χ0) is 23.9. The van der Waals surface area contributed by atoms with E-state index in [0.29, 0.717) is 11.5 Å². The monoisotopic (exact) mass is 458 g/mol. The minimum absolute atomic E-state index is 0.154. The Bertz CT molecular complexity index is 1250. The van der Waals surface area contributed by atoms with Gasteiger partial charge in [-0.25, -0.2) is 14.1 Å². The normalized spacial score (nSPS) is 10.4. The number of nitrogens with one attached hydrogen (secondary N) is 3. The van der Waals surface area contributed by atoms with Crippen molar-refractivity contribution in [3.05, 3.63) is 102 Å². The van der Waals surface area contributed by atoms with E-state index in [9.17, 15) is 18.8 Å². The molecule has 0 radical (unpaired) electrons. The maximum Gasteiger partial charge on any atom is 0.309 e. The summed E-state index contributed by atoms with van der Waals surface area (Å²) in [6.07, 6.45) is 0. The zero-order valence-corrected chi connectivity index (χ0v) is 17.7. The van der Waals surface area contributed by atoms with Gasteiger partial charge in [0.2, 0.25) is 5.82 Å². The molecule has 1 heterocycles. The second kappa shape index (κ2) is 10.2. The van der Waals surface area contributed by atoms with Crippen LogP contribution in [0.3, 0.4) is 0 Å². The van der Waals surface area contributed by atoms with Crippen LogP contribution >= 0.6 is 0 Å². The average Bonchev–Trinajstić information content (AvgIpc) is 3.33. The summed E-state index contributed by atoms with van der Waals surface area (Å²) >= 11 is 0. The highest BCUT2D eigenvalue weighted by Gasteiger charge is 2.19. The first-order chi connectivity index (χ1) is 16.5. The molecule has 0 spiro atoms. The van der Waals surface area contributed by atoms with Crippen LogP contribution in [-0.2, 0) is 4.79 Å². The average molecular weight is 458 g/mol. The fourth-order valence-electron chi connectivity index (χ4n) is 3.02. The van der Waals surface area contributed by atoms with Crippen molar-refractivity contribution in [2.45, 2.75) is 0 Å². The Hall–Kier alpha value is -4.86. The van der Waals surface area contributed by atoms with E-state index in [4.69, 9.17) is 0 Å². The Morgan fingerprint density at radius 1 is 0.794 bits per heavy atom. The number of nitrogens with zero attached hydrogens (tertiary/aromatic N) is 3. The van der Waals surface area contributed by atoms with E-state index in [2.05, 4.69) is 26.3 Å². The van der Waals surface area contributed by atoms with Gasteiger partial charge in [0.15, 0.2) is 5.82 Å². The lowest BCUT2D eigenvalue weighted by Crippen LogP contribution is -2.46. The number of rotatable bonds is 6. The molecular weight excluding hydrogens is 439 g/mol. The molecule has 34 heavy (non-hydrogen) atoms. The molecule has 0 saturated carbocycles. The molecule has 0 aliphatic rings. The maximum atomic E-state index is 13.0. The van der Waals surface area contributed by atoms with E-state index in [0.717, 1.165) is 17.7 Å². The van der Waals surface area contributed by atoms with Crippen molar-refractivity contribution in [1.82, 2.24) is 30.9 Å². The lowest BCUT2D eigenvalue weighted by molar-refractivity contribution is -0.120. The molecule has 3 aromatic carbocycles. The van der Waals surface area contributed by atoms with Crippen molar-refractivity contribution < 1.29 is 18.8 Å². The molecule has 0 atom stereocenters. The smallest absolute Gasteiger partial charge is 0.309 e. The van der Waals surface area contributed by atoms with E-state index in [1.807, 2.05) is 60.7 Å². The third-order valence-electron chi connectivity index (χ3n) is 4.67. The first kappa shape index (κ1) is 22.3. The number of carbonyl (C=O) groups excluding carboxylic acids is 3. The SMILES string of the molecule is O=C(CNC(=O)c1ccc(F)cc1)NNC(=O)c1nc(-c2ccccc2)n(-c2ccccc2)n1. The van der Waals surface area contributed by atoms with Crippen LogP contribution in [0.2, 0.25) is 0 Å². The van der Waals surface area contributed by atoms with Crippen molar-refractivity contribution >= 4 is 17.7 Å². The summed E-state index contributed by atoms with van der Waals surface area (Å²) in [4.78, 5) is 41.0. The van der Waals surface area contributed by atoms with Crippen LogP contribution in [0.25, 0.3) is 17.1 Å². The van der Waals surface area contributed by atoms with E-state index in [1.54, 1.807) is 0 Å². The largest absolute Gasteiger partial charge is 0.343 e. The fraction of sp³-hybridized carbons (Fsp3) is 0.0417. The van der Waals surface area contributed by atoms with Crippen molar-refractivity contribution in [2.75, 3.05) is 6.54 Å². The Morgan fingerprint density at radius 2 is 1.44 bits per heavy atom. The van der Waals surface area contributed by atoms with Gasteiger partial charge in [-0.05, 0) is 36.4 Å². The quantitative estimate of drug-likeness (QED) is 0.383. The van der Waals surface area contributed by atoms with Gasteiger partial charge in [-0.1, -0.05) is 48.5 Å². The lowest BCUT2D eigenvalue weighted by atomic mass is 10.2. The molecule has 4 aromatic rings. The van der Waals surface area contributed by atoms with Gasteiger partial charge in [-0.15, -0.1) is 5.10 Å². The maximum absolute atomic E-state index is 13.0. The van der Waals surface area contributed by atoms with E-state index in [1.165, 1.54) is 16.8 Å². The molecule has 0 fully saturated rings. The van der Waals surface area contributed by atoms with E-state index in [-0.39, 0.29) is 11.4 Å². The van der Waals surface area contributed by atoms with Gasteiger partial charge in [0.25, 0.3) is 11.8 Å². The summed E-state index contributed by atoms with van der Waals surface area (Å²) in [5.74, 6) is -2.14. The summed E-state index contributed by atoms with van der Waals surface area (Å²) < 4.78 is 14.5. The van der Waals surface area contributed by atoms with Crippen LogP contribution in [0, 0.1) is 5.82 Å². The highest BCUT2D eigenvalue weighted by atomic mass is 19.1. The molecular formula is C24H19FN6O3. The van der Waals surface area contributed by atoms with Crippen molar-refractivity contribution in [3.63, 3.8) is 0 Å². The van der Waals surface area contributed by atoms with Gasteiger partial charge >= 0.3 is 5.91 Å².